The van der Waals surface area contributed by atoms with Crippen LogP contribution in [0.3, 0.4) is 0 Å². The van der Waals surface area contributed by atoms with Gasteiger partial charge in [-0.05, 0) is 13.8 Å². The molecule has 5 fully saturated rings. The third kappa shape index (κ3) is 1.41. The zero-order valence-corrected chi connectivity index (χ0v) is 13.8. The summed E-state index contributed by atoms with van der Waals surface area (Å²) in [7, 11) is 0. The van der Waals surface area contributed by atoms with Crippen LogP contribution in [-0.2, 0) is 28.5 Å². The zero-order chi connectivity index (χ0) is 17.2. The molecule has 0 aromatic carbocycles. The van der Waals surface area contributed by atoms with E-state index in [1.54, 1.807) is 6.92 Å². The first-order valence-corrected chi connectivity index (χ1v) is 8.28. The molecule has 0 radical (unpaired) electrons. The Balaban J connectivity index is 1.65. The van der Waals surface area contributed by atoms with Gasteiger partial charge < -0.3 is 24.1 Å². The van der Waals surface area contributed by atoms with E-state index in [1.807, 2.05) is 6.92 Å². The SMILES string of the molecule is C=C1C(=O)O[C@H]2[C@H]1[C@@H](OC(C)=O)C[C@@](C)(O)[C@@]13O[C@@H]1[C@@H]1O[C@]1(C)[C@H]23. The third-order valence-electron chi connectivity index (χ3n) is 6.68. The van der Waals surface area contributed by atoms with Crippen molar-refractivity contribution in [3.63, 3.8) is 0 Å². The summed E-state index contributed by atoms with van der Waals surface area (Å²) in [6.07, 6.45) is -1.41. The van der Waals surface area contributed by atoms with Gasteiger partial charge in [0.15, 0.2) is 0 Å². The summed E-state index contributed by atoms with van der Waals surface area (Å²) >= 11 is 0. The predicted molar refractivity (Wildman–Crippen MR) is 77.7 cm³/mol. The van der Waals surface area contributed by atoms with Crippen molar-refractivity contribution in [1.29, 1.82) is 0 Å². The number of carbonyl (C=O) groups excluding carboxylic acids is 2. The molecule has 1 spiro atoms. The van der Waals surface area contributed by atoms with Crippen molar-refractivity contribution in [2.45, 2.75) is 68.4 Å². The van der Waals surface area contributed by atoms with Gasteiger partial charge in [0.25, 0.3) is 0 Å². The lowest BCUT2D eigenvalue weighted by Crippen LogP contribution is -2.53. The number of fused-ring (bicyclic) bond motifs is 5. The van der Waals surface area contributed by atoms with E-state index >= 15 is 0 Å². The lowest BCUT2D eigenvalue weighted by atomic mass is 9.74. The second kappa shape index (κ2) is 3.86. The van der Waals surface area contributed by atoms with E-state index in [0.29, 0.717) is 0 Å². The van der Waals surface area contributed by atoms with Crippen molar-refractivity contribution in [2.24, 2.45) is 11.8 Å². The van der Waals surface area contributed by atoms with Crippen molar-refractivity contribution in [3.8, 4) is 0 Å². The van der Waals surface area contributed by atoms with Crippen LogP contribution in [0, 0.1) is 11.8 Å². The Morgan fingerprint density at radius 3 is 2.71 bits per heavy atom. The van der Waals surface area contributed by atoms with E-state index in [0.717, 1.165) is 0 Å². The number of esters is 2. The summed E-state index contributed by atoms with van der Waals surface area (Å²) in [6, 6.07) is 0. The van der Waals surface area contributed by atoms with E-state index < -0.39 is 46.9 Å². The molecule has 3 heterocycles. The van der Waals surface area contributed by atoms with Gasteiger partial charge in [-0.3, -0.25) is 4.79 Å². The van der Waals surface area contributed by atoms with Crippen molar-refractivity contribution < 1.29 is 33.6 Å². The molecule has 130 valence electrons. The average molecular weight is 336 g/mol. The first-order valence-electron chi connectivity index (χ1n) is 8.28. The number of aliphatic hydroxyl groups is 1. The van der Waals surface area contributed by atoms with Crippen molar-refractivity contribution >= 4 is 11.9 Å². The molecule has 9 atom stereocenters. The molecule has 24 heavy (non-hydrogen) atoms. The second-order valence-electron chi connectivity index (χ2n) is 8.08. The van der Waals surface area contributed by atoms with Crippen molar-refractivity contribution in [2.75, 3.05) is 0 Å². The second-order valence-corrected chi connectivity index (χ2v) is 8.08. The van der Waals surface area contributed by atoms with Gasteiger partial charge in [-0.25, -0.2) is 4.79 Å². The molecule has 0 unspecified atom stereocenters. The molecule has 5 aliphatic rings. The highest BCUT2D eigenvalue weighted by Gasteiger charge is 2.93. The van der Waals surface area contributed by atoms with Crippen LogP contribution in [0.15, 0.2) is 12.2 Å². The van der Waals surface area contributed by atoms with Crippen LogP contribution in [0.2, 0.25) is 0 Å². The number of hydrogen-bond donors (Lipinski definition) is 1. The Kier molecular flexibility index (Phi) is 2.39. The molecule has 0 bridgehead atoms. The van der Waals surface area contributed by atoms with Crippen molar-refractivity contribution in [3.05, 3.63) is 12.2 Å². The normalized spacial score (nSPS) is 59.5. The standard InChI is InChI=1S/C17H20O7/c1-6-9-8(21-7(2)18)5-15(3,20)17-11(10(9)22-14(6)19)16(4)12(23-16)13(17)24-17/h8-13,20H,1,5H2,2-4H3/t8-,9+,10-,11-,12-,13+,15+,16+,17-/m0/s1. The third-order valence-corrected chi connectivity index (χ3v) is 6.68. The Hall–Kier alpha value is -1.44. The number of carbonyl (C=O) groups is 2. The Labute approximate surface area is 138 Å². The van der Waals surface area contributed by atoms with Crippen LogP contribution in [0.4, 0.5) is 0 Å². The fourth-order valence-corrected chi connectivity index (χ4v) is 5.65. The van der Waals surface area contributed by atoms with Crippen LogP contribution in [0.1, 0.15) is 27.2 Å². The van der Waals surface area contributed by atoms with Crippen LogP contribution in [-0.4, -0.2) is 58.3 Å². The van der Waals surface area contributed by atoms with E-state index in [9.17, 15) is 14.7 Å². The Bertz CT molecular complexity index is 699. The maximum atomic E-state index is 12.2. The average Bonchev–Trinajstić information content (AvgIpc) is 3.29. The monoisotopic (exact) mass is 336 g/mol. The van der Waals surface area contributed by atoms with E-state index in [2.05, 4.69) is 6.58 Å². The lowest BCUT2D eigenvalue weighted by Gasteiger charge is -2.36. The quantitative estimate of drug-likeness (QED) is 0.412. The molecule has 3 aliphatic heterocycles. The van der Waals surface area contributed by atoms with Crippen LogP contribution < -0.4 is 0 Å². The highest BCUT2D eigenvalue weighted by atomic mass is 16.7. The van der Waals surface area contributed by atoms with Gasteiger partial charge in [0.2, 0.25) is 0 Å². The molecule has 0 aromatic heterocycles. The fourth-order valence-electron chi connectivity index (χ4n) is 5.65. The van der Waals surface area contributed by atoms with Crippen LogP contribution in [0.25, 0.3) is 0 Å². The molecule has 1 N–H and O–H groups in total. The molecule has 2 aliphatic carbocycles. The lowest BCUT2D eigenvalue weighted by molar-refractivity contribution is -0.152. The highest BCUT2D eigenvalue weighted by Crippen LogP contribution is 2.75. The van der Waals surface area contributed by atoms with Gasteiger partial charge in [0.1, 0.15) is 35.6 Å². The van der Waals surface area contributed by atoms with Crippen LogP contribution in [0.5, 0.6) is 0 Å². The molecule has 0 amide bonds. The zero-order valence-electron chi connectivity index (χ0n) is 13.8. The smallest absolute Gasteiger partial charge is 0.334 e. The molecular weight excluding hydrogens is 316 g/mol. The summed E-state index contributed by atoms with van der Waals surface area (Å²) in [5.41, 5.74) is -2.26. The molecule has 7 nitrogen and oxygen atoms in total. The van der Waals surface area contributed by atoms with E-state index in [1.165, 1.54) is 6.92 Å². The minimum absolute atomic E-state index is 0.0903. The molecular formula is C17H20O7. The number of epoxide rings is 2. The number of rotatable bonds is 1. The van der Waals surface area contributed by atoms with E-state index in [4.69, 9.17) is 18.9 Å². The Morgan fingerprint density at radius 2 is 2.04 bits per heavy atom. The van der Waals surface area contributed by atoms with Gasteiger partial charge in [0, 0.05) is 18.9 Å². The minimum atomic E-state index is -1.22. The van der Waals surface area contributed by atoms with E-state index in [-0.39, 0.29) is 30.1 Å². The molecule has 7 heteroatoms. The van der Waals surface area contributed by atoms with Crippen molar-refractivity contribution in [1.82, 2.24) is 0 Å². The van der Waals surface area contributed by atoms with Gasteiger partial charge in [-0.2, -0.15) is 0 Å². The molecule has 5 rings (SSSR count). The van der Waals surface area contributed by atoms with Crippen LogP contribution >= 0.6 is 0 Å². The number of hydrogen-bond acceptors (Lipinski definition) is 7. The van der Waals surface area contributed by atoms with Gasteiger partial charge in [-0.15, -0.1) is 0 Å². The minimum Gasteiger partial charge on any atom is -0.462 e. The molecule has 3 saturated heterocycles. The highest BCUT2D eigenvalue weighted by molar-refractivity contribution is 5.91. The Morgan fingerprint density at radius 1 is 1.33 bits per heavy atom. The molecule has 2 saturated carbocycles. The largest absolute Gasteiger partial charge is 0.462 e. The summed E-state index contributed by atoms with van der Waals surface area (Å²) < 4.78 is 22.9. The maximum absolute atomic E-state index is 12.2. The summed E-state index contributed by atoms with van der Waals surface area (Å²) in [5.74, 6) is -1.76. The maximum Gasteiger partial charge on any atom is 0.334 e. The fraction of sp³-hybridized carbons (Fsp3) is 0.765. The van der Waals surface area contributed by atoms with Gasteiger partial charge in [0.05, 0.1) is 17.4 Å². The molecule has 0 aromatic rings. The summed E-state index contributed by atoms with van der Waals surface area (Å²) in [6.45, 7) is 8.83. The van der Waals surface area contributed by atoms with Gasteiger partial charge in [-0.1, -0.05) is 6.58 Å². The first kappa shape index (κ1) is 14.9. The first-order chi connectivity index (χ1) is 11.1. The topological polar surface area (TPSA) is 97.9 Å². The van der Waals surface area contributed by atoms with Gasteiger partial charge >= 0.3 is 11.9 Å². The predicted octanol–water partition coefficient (Wildman–Crippen LogP) is 0.0955. The number of ether oxygens (including phenoxy) is 4. The summed E-state index contributed by atoms with van der Waals surface area (Å²) in [4.78, 5) is 23.7. The summed E-state index contributed by atoms with van der Waals surface area (Å²) in [5, 5.41) is 11.2.